The molecule has 0 radical (unpaired) electrons. The van der Waals surface area contributed by atoms with Crippen molar-refractivity contribution in [3.63, 3.8) is 0 Å². The van der Waals surface area contributed by atoms with Gasteiger partial charge in [-0.05, 0) is 37.8 Å². The lowest BCUT2D eigenvalue weighted by atomic mass is 10.1. The van der Waals surface area contributed by atoms with Crippen LogP contribution in [0.5, 0.6) is 0 Å². The Morgan fingerprint density at radius 1 is 0.967 bits per heavy atom. The molecule has 2 aromatic rings. The van der Waals surface area contributed by atoms with Crippen LogP contribution in [0.1, 0.15) is 44.7 Å². The van der Waals surface area contributed by atoms with Gasteiger partial charge in [0.15, 0.2) is 0 Å². The molecule has 2 unspecified atom stereocenters. The topological polar surface area (TPSA) is 49.4 Å². The molecule has 0 spiro atoms. The molecule has 0 aromatic heterocycles. The number of carbonyl (C=O) groups is 2. The van der Waals surface area contributed by atoms with Gasteiger partial charge < -0.3 is 10.2 Å². The van der Waals surface area contributed by atoms with Gasteiger partial charge >= 0.3 is 0 Å². The van der Waals surface area contributed by atoms with Crippen molar-refractivity contribution in [2.24, 2.45) is 0 Å². The fraction of sp³-hybridized carbons (Fsp3) is 0.440. The van der Waals surface area contributed by atoms with Gasteiger partial charge in [0.1, 0.15) is 6.04 Å². The number of nitrogens with zero attached hydrogens (tertiary/aromatic N) is 1. The molecule has 0 bridgehead atoms. The Kier molecular flexibility index (Phi) is 10.5. The van der Waals surface area contributed by atoms with Crippen molar-refractivity contribution in [3.05, 3.63) is 71.8 Å². The molecular weight excluding hydrogens is 392 g/mol. The largest absolute Gasteiger partial charge is 0.352 e. The van der Waals surface area contributed by atoms with Crippen LogP contribution in [0, 0.1) is 0 Å². The molecule has 0 aliphatic rings. The Morgan fingerprint density at radius 2 is 1.57 bits per heavy atom. The van der Waals surface area contributed by atoms with Crippen molar-refractivity contribution in [1.29, 1.82) is 0 Å². The molecule has 30 heavy (non-hydrogen) atoms. The van der Waals surface area contributed by atoms with E-state index in [-0.39, 0.29) is 17.9 Å². The highest BCUT2D eigenvalue weighted by atomic mass is 32.2. The van der Waals surface area contributed by atoms with Crippen LogP contribution < -0.4 is 5.32 Å². The first-order chi connectivity index (χ1) is 14.5. The fourth-order valence-electron chi connectivity index (χ4n) is 3.10. The first-order valence-electron chi connectivity index (χ1n) is 10.8. The first kappa shape index (κ1) is 24.0. The average Bonchev–Trinajstić information content (AvgIpc) is 2.78. The van der Waals surface area contributed by atoms with Gasteiger partial charge in [-0.15, -0.1) is 0 Å². The van der Waals surface area contributed by atoms with Crippen molar-refractivity contribution >= 4 is 23.6 Å². The molecule has 0 aliphatic heterocycles. The van der Waals surface area contributed by atoms with E-state index >= 15 is 0 Å². The second-order valence-electron chi connectivity index (χ2n) is 7.60. The van der Waals surface area contributed by atoms with Crippen LogP contribution in [0.15, 0.2) is 60.7 Å². The Bertz CT molecular complexity index is 767. The number of rotatable bonds is 12. The zero-order valence-electron chi connectivity index (χ0n) is 18.3. The van der Waals surface area contributed by atoms with Crippen LogP contribution in [0.4, 0.5) is 0 Å². The van der Waals surface area contributed by atoms with E-state index in [1.807, 2.05) is 57.2 Å². The maximum Gasteiger partial charge on any atom is 0.242 e. The number of hydrogen-bond acceptors (Lipinski definition) is 3. The van der Waals surface area contributed by atoms with Crippen molar-refractivity contribution in [2.75, 3.05) is 12.3 Å². The summed E-state index contributed by atoms with van der Waals surface area (Å²) < 4.78 is 0. The molecule has 0 fully saturated rings. The fourth-order valence-corrected chi connectivity index (χ4v) is 3.99. The molecule has 0 saturated heterocycles. The SMILES string of the molecule is CCC(C)NC(=O)C(C)N(CCc1ccccc1)C(=O)CCSCc1ccccc1. The van der Waals surface area contributed by atoms with E-state index in [4.69, 9.17) is 0 Å². The van der Waals surface area contributed by atoms with E-state index in [1.165, 1.54) is 11.1 Å². The molecule has 0 aliphatic carbocycles. The van der Waals surface area contributed by atoms with E-state index in [0.717, 1.165) is 24.3 Å². The Balaban J connectivity index is 1.94. The summed E-state index contributed by atoms with van der Waals surface area (Å²) in [5.74, 6) is 1.60. The van der Waals surface area contributed by atoms with E-state index in [0.29, 0.717) is 13.0 Å². The summed E-state index contributed by atoms with van der Waals surface area (Å²) in [5, 5.41) is 3.01. The average molecular weight is 427 g/mol. The van der Waals surface area contributed by atoms with Gasteiger partial charge in [-0.2, -0.15) is 11.8 Å². The summed E-state index contributed by atoms with van der Waals surface area (Å²) in [6, 6.07) is 20.0. The third-order valence-corrected chi connectivity index (χ3v) is 6.25. The Labute approximate surface area is 185 Å². The van der Waals surface area contributed by atoms with Gasteiger partial charge in [-0.1, -0.05) is 67.6 Å². The Morgan fingerprint density at radius 3 is 2.17 bits per heavy atom. The smallest absolute Gasteiger partial charge is 0.242 e. The highest BCUT2D eigenvalue weighted by molar-refractivity contribution is 7.98. The van der Waals surface area contributed by atoms with Crippen molar-refractivity contribution in [2.45, 2.75) is 57.9 Å². The van der Waals surface area contributed by atoms with Crippen molar-refractivity contribution < 1.29 is 9.59 Å². The van der Waals surface area contributed by atoms with Crippen molar-refractivity contribution in [1.82, 2.24) is 10.2 Å². The molecule has 2 aromatic carbocycles. The lowest BCUT2D eigenvalue weighted by molar-refractivity contribution is -0.139. The minimum atomic E-state index is -0.477. The summed E-state index contributed by atoms with van der Waals surface area (Å²) in [6.45, 7) is 6.40. The number of amides is 2. The summed E-state index contributed by atoms with van der Waals surface area (Å²) in [4.78, 5) is 27.4. The molecule has 5 heteroatoms. The maximum atomic E-state index is 13.0. The second-order valence-corrected chi connectivity index (χ2v) is 8.71. The maximum absolute atomic E-state index is 13.0. The van der Waals surface area contributed by atoms with E-state index in [9.17, 15) is 9.59 Å². The molecule has 2 atom stereocenters. The number of hydrogen-bond donors (Lipinski definition) is 1. The lowest BCUT2D eigenvalue weighted by Crippen LogP contribution is -2.50. The van der Waals surface area contributed by atoms with Crippen LogP contribution in [0.3, 0.4) is 0 Å². The molecular formula is C25H34N2O2S. The minimum absolute atomic E-state index is 0.0401. The lowest BCUT2D eigenvalue weighted by Gasteiger charge is -2.29. The van der Waals surface area contributed by atoms with E-state index in [2.05, 4.69) is 29.6 Å². The van der Waals surface area contributed by atoms with Gasteiger partial charge in [0.25, 0.3) is 0 Å². The molecule has 162 valence electrons. The third-order valence-electron chi connectivity index (χ3n) is 5.22. The van der Waals surface area contributed by atoms with Gasteiger partial charge in [-0.3, -0.25) is 9.59 Å². The van der Waals surface area contributed by atoms with Crippen LogP contribution >= 0.6 is 11.8 Å². The highest BCUT2D eigenvalue weighted by Crippen LogP contribution is 2.15. The summed E-state index contributed by atoms with van der Waals surface area (Å²) in [6.07, 6.45) is 2.05. The molecule has 2 rings (SSSR count). The van der Waals surface area contributed by atoms with Gasteiger partial charge in [0.2, 0.25) is 11.8 Å². The Hall–Kier alpha value is -2.27. The zero-order valence-corrected chi connectivity index (χ0v) is 19.2. The monoisotopic (exact) mass is 426 g/mol. The van der Waals surface area contributed by atoms with E-state index in [1.54, 1.807) is 16.7 Å². The molecule has 0 heterocycles. The summed E-state index contributed by atoms with van der Waals surface area (Å²) >= 11 is 1.75. The third kappa shape index (κ3) is 8.23. The van der Waals surface area contributed by atoms with E-state index < -0.39 is 6.04 Å². The summed E-state index contributed by atoms with van der Waals surface area (Å²) in [7, 11) is 0. The molecule has 0 saturated carbocycles. The molecule has 4 nitrogen and oxygen atoms in total. The number of benzene rings is 2. The second kappa shape index (κ2) is 13.1. The first-order valence-corrected chi connectivity index (χ1v) is 11.9. The number of carbonyl (C=O) groups excluding carboxylic acids is 2. The van der Waals surface area contributed by atoms with Gasteiger partial charge in [-0.25, -0.2) is 0 Å². The van der Waals surface area contributed by atoms with Crippen molar-refractivity contribution in [3.8, 4) is 0 Å². The van der Waals surface area contributed by atoms with Gasteiger partial charge in [0.05, 0.1) is 0 Å². The van der Waals surface area contributed by atoms with Gasteiger partial charge in [0, 0.05) is 30.5 Å². The van der Waals surface area contributed by atoms with Crippen LogP contribution in [-0.2, 0) is 21.8 Å². The van der Waals surface area contributed by atoms with Crippen LogP contribution in [0.25, 0.3) is 0 Å². The van der Waals surface area contributed by atoms with Crippen LogP contribution in [0.2, 0.25) is 0 Å². The van der Waals surface area contributed by atoms with Crippen LogP contribution in [-0.4, -0.2) is 41.1 Å². The number of thioether (sulfide) groups is 1. The predicted molar refractivity (Wildman–Crippen MR) is 126 cm³/mol. The summed E-state index contributed by atoms with van der Waals surface area (Å²) in [5.41, 5.74) is 2.43. The quantitative estimate of drug-likeness (QED) is 0.501. The normalized spacial score (nSPS) is 12.8. The predicted octanol–water partition coefficient (Wildman–Crippen LogP) is 4.68. The highest BCUT2D eigenvalue weighted by Gasteiger charge is 2.26. The zero-order chi connectivity index (χ0) is 21.8. The molecule has 2 amide bonds. The standard InChI is InChI=1S/C25H34N2O2S/c1-4-20(2)26-25(29)21(3)27(17-15-22-11-7-5-8-12-22)24(28)16-18-30-19-23-13-9-6-10-14-23/h5-14,20-21H,4,15-19H2,1-3H3,(H,26,29). The molecule has 1 N–H and O–H groups in total. The minimum Gasteiger partial charge on any atom is -0.352 e. The number of nitrogens with one attached hydrogen (secondary N) is 1.